The summed E-state index contributed by atoms with van der Waals surface area (Å²) in [6.07, 6.45) is 5.66. The van der Waals surface area contributed by atoms with Gasteiger partial charge in [-0.15, -0.1) is 0 Å². The number of sulfonamides is 1. The second-order valence-electron chi connectivity index (χ2n) is 6.01. The lowest BCUT2D eigenvalue weighted by Crippen LogP contribution is -2.40. The average molecular weight is 333 g/mol. The Bertz CT molecular complexity index is 732. The van der Waals surface area contributed by atoms with E-state index in [1.54, 1.807) is 11.2 Å². The molecule has 2 heterocycles. The normalized spacial score (nSPS) is 17.4. The third-order valence-corrected chi connectivity index (χ3v) is 6.42. The van der Waals surface area contributed by atoms with Crippen molar-refractivity contribution in [1.82, 2.24) is 13.9 Å². The predicted octanol–water partition coefficient (Wildman–Crippen LogP) is 2.61. The van der Waals surface area contributed by atoms with Gasteiger partial charge in [0.2, 0.25) is 10.0 Å². The SMILES string of the molecule is CCS(=O)(=O)N1CCC(Cn2ccnc2-c2ccccc2)CC1. The minimum Gasteiger partial charge on any atom is -0.331 e. The van der Waals surface area contributed by atoms with Crippen LogP contribution in [-0.4, -0.2) is 41.1 Å². The smallest absolute Gasteiger partial charge is 0.213 e. The van der Waals surface area contributed by atoms with E-state index in [-0.39, 0.29) is 5.75 Å². The fourth-order valence-electron chi connectivity index (χ4n) is 3.13. The van der Waals surface area contributed by atoms with E-state index in [0.29, 0.717) is 19.0 Å². The molecule has 1 fully saturated rings. The van der Waals surface area contributed by atoms with Gasteiger partial charge in [0.05, 0.1) is 5.75 Å². The first-order valence-corrected chi connectivity index (χ1v) is 9.75. The van der Waals surface area contributed by atoms with Gasteiger partial charge in [-0.05, 0) is 25.7 Å². The second kappa shape index (κ2) is 6.84. The Morgan fingerprint density at radius 3 is 2.52 bits per heavy atom. The van der Waals surface area contributed by atoms with Gasteiger partial charge in [0.1, 0.15) is 5.82 Å². The standard InChI is InChI=1S/C17H23N3O2S/c1-2-23(21,22)20-11-8-15(9-12-20)14-19-13-10-18-17(19)16-6-4-3-5-7-16/h3-7,10,13,15H,2,8-9,11-12,14H2,1H3. The molecular weight excluding hydrogens is 310 g/mol. The third-order valence-electron chi connectivity index (χ3n) is 4.53. The zero-order valence-corrected chi connectivity index (χ0v) is 14.2. The number of nitrogens with zero attached hydrogens (tertiary/aromatic N) is 3. The minimum atomic E-state index is -3.04. The topological polar surface area (TPSA) is 55.2 Å². The maximum absolute atomic E-state index is 11.9. The van der Waals surface area contributed by atoms with E-state index in [1.807, 2.05) is 30.6 Å². The van der Waals surface area contributed by atoms with E-state index in [2.05, 4.69) is 21.7 Å². The molecule has 1 aromatic heterocycles. The fourth-order valence-corrected chi connectivity index (χ4v) is 4.27. The Labute approximate surface area is 138 Å². The van der Waals surface area contributed by atoms with E-state index in [4.69, 9.17) is 0 Å². The van der Waals surface area contributed by atoms with Gasteiger partial charge in [-0.25, -0.2) is 17.7 Å². The van der Waals surface area contributed by atoms with E-state index >= 15 is 0 Å². The summed E-state index contributed by atoms with van der Waals surface area (Å²) in [5.41, 5.74) is 1.11. The third kappa shape index (κ3) is 3.64. The summed E-state index contributed by atoms with van der Waals surface area (Å²) in [4.78, 5) is 4.48. The van der Waals surface area contributed by atoms with Gasteiger partial charge >= 0.3 is 0 Å². The number of hydrogen-bond acceptors (Lipinski definition) is 3. The van der Waals surface area contributed by atoms with Gasteiger partial charge in [-0.2, -0.15) is 0 Å². The summed E-state index contributed by atoms with van der Waals surface area (Å²) in [5.74, 6) is 1.67. The first-order chi connectivity index (χ1) is 11.1. The number of rotatable bonds is 5. The molecule has 0 amide bonds. The second-order valence-corrected chi connectivity index (χ2v) is 8.27. The molecule has 0 aliphatic carbocycles. The van der Waals surface area contributed by atoms with Crippen molar-refractivity contribution in [2.24, 2.45) is 5.92 Å². The molecule has 3 rings (SSSR count). The van der Waals surface area contributed by atoms with Crippen LogP contribution in [0.2, 0.25) is 0 Å². The van der Waals surface area contributed by atoms with Gasteiger partial charge in [0.25, 0.3) is 0 Å². The molecule has 1 aliphatic rings. The summed E-state index contributed by atoms with van der Waals surface area (Å²) < 4.78 is 27.7. The van der Waals surface area contributed by atoms with Crippen molar-refractivity contribution in [3.63, 3.8) is 0 Å². The largest absolute Gasteiger partial charge is 0.331 e. The van der Waals surface area contributed by atoms with Crippen LogP contribution in [0.4, 0.5) is 0 Å². The molecule has 1 saturated heterocycles. The molecule has 6 heteroatoms. The van der Waals surface area contributed by atoms with Crippen LogP contribution >= 0.6 is 0 Å². The lowest BCUT2D eigenvalue weighted by Gasteiger charge is -2.31. The molecule has 2 aromatic rings. The Hall–Kier alpha value is -1.66. The molecule has 0 spiro atoms. The number of benzene rings is 1. The van der Waals surface area contributed by atoms with Crippen molar-refractivity contribution < 1.29 is 8.42 Å². The van der Waals surface area contributed by atoms with Crippen LogP contribution in [0.1, 0.15) is 19.8 Å². The van der Waals surface area contributed by atoms with Crippen molar-refractivity contribution in [3.8, 4) is 11.4 Å². The zero-order valence-electron chi connectivity index (χ0n) is 13.4. The van der Waals surface area contributed by atoms with Gasteiger partial charge in [-0.3, -0.25) is 0 Å². The van der Waals surface area contributed by atoms with Crippen molar-refractivity contribution in [2.75, 3.05) is 18.8 Å². The lowest BCUT2D eigenvalue weighted by molar-refractivity contribution is 0.254. The molecule has 5 nitrogen and oxygen atoms in total. The maximum Gasteiger partial charge on any atom is 0.213 e. The predicted molar refractivity (Wildman–Crippen MR) is 91.4 cm³/mol. The molecule has 1 aromatic carbocycles. The number of aromatic nitrogens is 2. The summed E-state index contributed by atoms with van der Waals surface area (Å²) in [6.45, 7) is 3.87. The number of piperidine rings is 1. The Balaban J connectivity index is 1.66. The van der Waals surface area contributed by atoms with E-state index in [1.165, 1.54) is 0 Å². The van der Waals surface area contributed by atoms with Crippen molar-refractivity contribution >= 4 is 10.0 Å². The number of hydrogen-bond donors (Lipinski definition) is 0. The average Bonchev–Trinajstić information content (AvgIpc) is 3.04. The molecule has 0 bridgehead atoms. The Morgan fingerprint density at radius 2 is 1.87 bits per heavy atom. The summed E-state index contributed by atoms with van der Waals surface area (Å²) in [5, 5.41) is 0. The monoisotopic (exact) mass is 333 g/mol. The fraction of sp³-hybridized carbons (Fsp3) is 0.471. The van der Waals surface area contributed by atoms with Crippen LogP contribution in [0.5, 0.6) is 0 Å². The van der Waals surface area contributed by atoms with Crippen LogP contribution < -0.4 is 0 Å². The Kier molecular flexibility index (Phi) is 4.82. The van der Waals surface area contributed by atoms with Crippen LogP contribution in [0.25, 0.3) is 11.4 Å². The van der Waals surface area contributed by atoms with Gasteiger partial charge in [-0.1, -0.05) is 30.3 Å². The summed E-state index contributed by atoms with van der Waals surface area (Å²) in [6, 6.07) is 10.2. The van der Waals surface area contributed by atoms with Crippen molar-refractivity contribution in [2.45, 2.75) is 26.3 Å². The first-order valence-electron chi connectivity index (χ1n) is 8.14. The molecule has 0 atom stereocenters. The van der Waals surface area contributed by atoms with E-state index in [9.17, 15) is 8.42 Å². The molecule has 0 unspecified atom stereocenters. The van der Waals surface area contributed by atoms with Crippen LogP contribution in [0.3, 0.4) is 0 Å². The minimum absolute atomic E-state index is 0.192. The van der Waals surface area contributed by atoms with Crippen LogP contribution in [0, 0.1) is 5.92 Å². The lowest BCUT2D eigenvalue weighted by atomic mass is 9.98. The van der Waals surface area contributed by atoms with Crippen molar-refractivity contribution in [1.29, 1.82) is 0 Å². The maximum atomic E-state index is 11.9. The van der Waals surface area contributed by atoms with E-state index in [0.717, 1.165) is 30.8 Å². The molecule has 1 aliphatic heterocycles. The van der Waals surface area contributed by atoms with Gasteiger partial charge in [0, 0.05) is 37.6 Å². The van der Waals surface area contributed by atoms with Crippen molar-refractivity contribution in [3.05, 3.63) is 42.7 Å². The molecule has 23 heavy (non-hydrogen) atoms. The molecule has 0 saturated carbocycles. The highest BCUT2D eigenvalue weighted by atomic mass is 32.2. The zero-order chi connectivity index (χ0) is 16.3. The Morgan fingerprint density at radius 1 is 1.17 bits per heavy atom. The first kappa shape index (κ1) is 16.2. The molecule has 0 radical (unpaired) electrons. The van der Waals surface area contributed by atoms with Gasteiger partial charge < -0.3 is 4.57 Å². The van der Waals surface area contributed by atoms with E-state index < -0.39 is 10.0 Å². The molecular formula is C17H23N3O2S. The number of imidazole rings is 1. The highest BCUT2D eigenvalue weighted by molar-refractivity contribution is 7.89. The van der Waals surface area contributed by atoms with Crippen LogP contribution in [-0.2, 0) is 16.6 Å². The highest BCUT2D eigenvalue weighted by Crippen LogP contribution is 2.24. The summed E-state index contributed by atoms with van der Waals surface area (Å²) >= 11 is 0. The van der Waals surface area contributed by atoms with Gasteiger partial charge in [0.15, 0.2) is 0 Å². The highest BCUT2D eigenvalue weighted by Gasteiger charge is 2.27. The summed E-state index contributed by atoms with van der Waals surface area (Å²) in [7, 11) is -3.04. The quantitative estimate of drug-likeness (QED) is 0.845. The molecule has 124 valence electrons. The molecule has 0 N–H and O–H groups in total. The van der Waals surface area contributed by atoms with Crippen LogP contribution in [0.15, 0.2) is 42.7 Å².